The molecule has 2 rings (SSSR count). The zero-order valence-corrected chi connectivity index (χ0v) is 12.4. The minimum absolute atomic E-state index is 0.111. The van der Waals surface area contributed by atoms with Crippen molar-refractivity contribution in [2.75, 3.05) is 11.9 Å². The first-order valence-electron chi connectivity index (χ1n) is 6.69. The Morgan fingerprint density at radius 3 is 2.55 bits per heavy atom. The maximum atomic E-state index is 12.1. The Labute approximate surface area is 131 Å². The van der Waals surface area contributed by atoms with Crippen molar-refractivity contribution in [1.29, 1.82) is 0 Å². The molecule has 0 aromatic heterocycles. The molecule has 6 heteroatoms. The van der Waals surface area contributed by atoms with Gasteiger partial charge in [-0.2, -0.15) is 13.2 Å². The summed E-state index contributed by atoms with van der Waals surface area (Å²) in [6.07, 6.45) is -5.14. The van der Waals surface area contributed by atoms with Gasteiger partial charge in [-0.05, 0) is 24.3 Å². The van der Waals surface area contributed by atoms with Gasteiger partial charge in [0.1, 0.15) is 0 Å². The van der Waals surface area contributed by atoms with E-state index < -0.39 is 12.6 Å². The van der Waals surface area contributed by atoms with E-state index in [2.05, 4.69) is 5.32 Å². The summed E-state index contributed by atoms with van der Waals surface area (Å²) in [6.45, 7) is -0.241. The van der Waals surface area contributed by atoms with Crippen LogP contribution >= 0.6 is 11.6 Å². The van der Waals surface area contributed by atoms with E-state index in [9.17, 15) is 13.2 Å². The lowest BCUT2D eigenvalue weighted by molar-refractivity contribution is -0.146. The molecule has 2 nitrogen and oxygen atoms in total. The first-order chi connectivity index (χ1) is 10.4. The third-order valence-corrected chi connectivity index (χ3v) is 3.14. The summed E-state index contributed by atoms with van der Waals surface area (Å²) in [5, 5.41) is 3.78. The maximum absolute atomic E-state index is 12.1. The lowest BCUT2D eigenvalue weighted by Crippen LogP contribution is -2.11. The van der Waals surface area contributed by atoms with Crippen molar-refractivity contribution < 1.29 is 17.9 Å². The molecule has 0 spiro atoms. The standard InChI is InChI=1S/C16H15ClF3NO/c17-13-5-3-6-14(10-13)21-15-7-2-1-4-12(15)11-22-9-8-16(18,19)20/h1-7,10,21H,8-9,11H2. The molecule has 0 aliphatic heterocycles. The van der Waals surface area contributed by atoms with Gasteiger partial charge >= 0.3 is 6.18 Å². The average Bonchev–Trinajstić information content (AvgIpc) is 2.44. The van der Waals surface area contributed by atoms with Crippen molar-refractivity contribution in [3.63, 3.8) is 0 Å². The predicted molar refractivity (Wildman–Crippen MR) is 81.5 cm³/mol. The molecule has 118 valence electrons. The first-order valence-corrected chi connectivity index (χ1v) is 7.07. The molecule has 0 radical (unpaired) electrons. The van der Waals surface area contributed by atoms with Crippen LogP contribution in [0.1, 0.15) is 12.0 Å². The van der Waals surface area contributed by atoms with Gasteiger partial charge in [-0.15, -0.1) is 0 Å². The molecule has 0 saturated carbocycles. The molecular weight excluding hydrogens is 315 g/mol. The van der Waals surface area contributed by atoms with Gasteiger partial charge in [-0.1, -0.05) is 35.9 Å². The van der Waals surface area contributed by atoms with E-state index >= 15 is 0 Å². The second-order valence-corrected chi connectivity index (χ2v) is 5.15. The zero-order chi connectivity index (χ0) is 16.0. The molecule has 0 amide bonds. The molecule has 2 aromatic rings. The lowest BCUT2D eigenvalue weighted by atomic mass is 10.2. The largest absolute Gasteiger partial charge is 0.391 e. The number of benzene rings is 2. The van der Waals surface area contributed by atoms with Gasteiger partial charge in [0.15, 0.2) is 0 Å². The Hall–Kier alpha value is -1.72. The number of rotatable bonds is 6. The molecule has 0 saturated heterocycles. The summed E-state index contributed by atoms with van der Waals surface area (Å²) in [7, 11) is 0. The third-order valence-electron chi connectivity index (χ3n) is 2.91. The molecule has 0 aliphatic carbocycles. The number of nitrogens with one attached hydrogen (secondary N) is 1. The highest BCUT2D eigenvalue weighted by Gasteiger charge is 2.26. The van der Waals surface area contributed by atoms with E-state index in [4.69, 9.17) is 16.3 Å². The zero-order valence-electron chi connectivity index (χ0n) is 11.7. The Morgan fingerprint density at radius 1 is 1.05 bits per heavy atom. The molecule has 0 unspecified atom stereocenters. The van der Waals surface area contributed by atoms with Gasteiger partial charge in [-0.25, -0.2) is 0 Å². The Kier molecular flexibility index (Phi) is 5.69. The van der Waals surface area contributed by atoms with E-state index in [1.807, 2.05) is 30.3 Å². The molecule has 22 heavy (non-hydrogen) atoms. The van der Waals surface area contributed by atoms with Gasteiger partial charge in [-0.3, -0.25) is 0 Å². The third kappa shape index (κ3) is 5.58. The molecule has 0 atom stereocenters. The van der Waals surface area contributed by atoms with Crippen LogP contribution < -0.4 is 5.32 Å². The fraction of sp³-hybridized carbons (Fsp3) is 0.250. The van der Waals surface area contributed by atoms with Crippen LogP contribution in [-0.4, -0.2) is 12.8 Å². The second kappa shape index (κ2) is 7.51. The van der Waals surface area contributed by atoms with Crippen LogP contribution in [0, 0.1) is 0 Å². The summed E-state index contributed by atoms with van der Waals surface area (Å²) >= 11 is 5.92. The van der Waals surface area contributed by atoms with E-state index in [1.165, 1.54) is 0 Å². The highest BCUT2D eigenvalue weighted by molar-refractivity contribution is 6.30. The number of ether oxygens (including phenoxy) is 1. The van der Waals surface area contributed by atoms with Crippen LogP contribution in [0.25, 0.3) is 0 Å². The number of halogens is 4. The number of anilines is 2. The van der Waals surface area contributed by atoms with Crippen molar-refractivity contribution in [3.8, 4) is 0 Å². The molecule has 0 heterocycles. The summed E-state index contributed by atoms with van der Waals surface area (Å²) in [6, 6.07) is 14.5. The van der Waals surface area contributed by atoms with Crippen LogP contribution in [0.2, 0.25) is 5.02 Å². The van der Waals surface area contributed by atoms with Crippen LogP contribution in [0.15, 0.2) is 48.5 Å². The van der Waals surface area contributed by atoms with Crippen LogP contribution in [-0.2, 0) is 11.3 Å². The highest BCUT2D eigenvalue weighted by Crippen LogP contribution is 2.24. The van der Waals surface area contributed by atoms with Crippen molar-refractivity contribution >= 4 is 23.0 Å². The van der Waals surface area contributed by atoms with Crippen LogP contribution in [0.4, 0.5) is 24.5 Å². The monoisotopic (exact) mass is 329 g/mol. The highest BCUT2D eigenvalue weighted by atomic mass is 35.5. The average molecular weight is 330 g/mol. The van der Waals surface area contributed by atoms with Gasteiger partial charge in [0.25, 0.3) is 0 Å². The molecule has 0 aliphatic rings. The SMILES string of the molecule is FC(F)(F)CCOCc1ccccc1Nc1cccc(Cl)c1. The second-order valence-electron chi connectivity index (χ2n) is 4.71. The van der Waals surface area contributed by atoms with E-state index in [1.54, 1.807) is 18.2 Å². The fourth-order valence-electron chi connectivity index (χ4n) is 1.86. The van der Waals surface area contributed by atoms with Crippen molar-refractivity contribution in [1.82, 2.24) is 0 Å². The normalized spacial score (nSPS) is 11.5. The van der Waals surface area contributed by atoms with E-state index in [0.29, 0.717) is 5.02 Å². The van der Waals surface area contributed by atoms with E-state index in [-0.39, 0.29) is 13.2 Å². The predicted octanol–water partition coefficient (Wildman–Crippen LogP) is 5.55. The van der Waals surface area contributed by atoms with Gasteiger partial charge in [0.05, 0.1) is 19.6 Å². The Morgan fingerprint density at radius 2 is 1.82 bits per heavy atom. The van der Waals surface area contributed by atoms with Crippen molar-refractivity contribution in [2.45, 2.75) is 19.2 Å². The molecular formula is C16H15ClF3NO. The van der Waals surface area contributed by atoms with Crippen LogP contribution in [0.3, 0.4) is 0 Å². The fourth-order valence-corrected chi connectivity index (χ4v) is 2.05. The van der Waals surface area contributed by atoms with Gasteiger partial charge in [0.2, 0.25) is 0 Å². The summed E-state index contributed by atoms with van der Waals surface area (Å²) in [5.41, 5.74) is 2.36. The lowest BCUT2D eigenvalue weighted by Gasteiger charge is -2.13. The summed E-state index contributed by atoms with van der Waals surface area (Å²) < 4.78 is 41.4. The molecule has 0 fully saturated rings. The van der Waals surface area contributed by atoms with Gasteiger partial charge < -0.3 is 10.1 Å². The number of para-hydroxylation sites is 1. The van der Waals surface area contributed by atoms with Gasteiger partial charge in [0, 0.05) is 22.0 Å². The van der Waals surface area contributed by atoms with Crippen molar-refractivity contribution in [2.24, 2.45) is 0 Å². The Balaban J connectivity index is 1.98. The number of hydrogen-bond acceptors (Lipinski definition) is 2. The number of alkyl halides is 3. The quantitative estimate of drug-likeness (QED) is 0.701. The summed E-state index contributed by atoms with van der Waals surface area (Å²) in [4.78, 5) is 0. The number of hydrogen-bond donors (Lipinski definition) is 1. The minimum Gasteiger partial charge on any atom is -0.376 e. The van der Waals surface area contributed by atoms with Crippen LogP contribution in [0.5, 0.6) is 0 Å². The smallest absolute Gasteiger partial charge is 0.376 e. The molecule has 1 N–H and O–H groups in total. The van der Waals surface area contributed by atoms with E-state index in [0.717, 1.165) is 16.9 Å². The molecule has 0 bridgehead atoms. The Bertz CT molecular complexity index is 616. The first kappa shape index (κ1) is 16.6. The maximum Gasteiger partial charge on any atom is 0.391 e. The topological polar surface area (TPSA) is 21.3 Å². The summed E-state index contributed by atoms with van der Waals surface area (Å²) in [5.74, 6) is 0. The molecule has 2 aromatic carbocycles. The van der Waals surface area contributed by atoms with Crippen molar-refractivity contribution in [3.05, 3.63) is 59.1 Å². The minimum atomic E-state index is -4.20.